The molecule has 6 aliphatic rings. The van der Waals surface area contributed by atoms with Gasteiger partial charge in [0.2, 0.25) is 18.8 Å². The zero-order valence-corrected chi connectivity index (χ0v) is 29.0. The van der Waals surface area contributed by atoms with Crippen molar-refractivity contribution >= 4 is 11.9 Å². The molecule has 0 amide bonds. The minimum atomic E-state index is -2.03. The van der Waals surface area contributed by atoms with Gasteiger partial charge in [-0.3, -0.25) is 4.79 Å². The third-order valence-corrected chi connectivity index (χ3v) is 10.8. The Labute approximate surface area is 306 Å². The lowest BCUT2D eigenvalue weighted by atomic mass is 9.66. The van der Waals surface area contributed by atoms with Gasteiger partial charge in [-0.05, 0) is 47.9 Å². The first kappa shape index (κ1) is 36.9. The van der Waals surface area contributed by atoms with Crippen molar-refractivity contribution in [3.05, 3.63) is 41.0 Å². The summed E-state index contributed by atoms with van der Waals surface area (Å²) in [6, 6.07) is 6.53. The number of carbonyl (C=O) groups is 2. The van der Waals surface area contributed by atoms with Gasteiger partial charge in [-0.25, -0.2) is 0 Å². The number of rotatable bonds is 8. The Morgan fingerprint density at radius 2 is 1.46 bits per heavy atom. The molecular formula is C35H39O19-. The molecule has 4 saturated heterocycles. The Kier molecular flexibility index (Phi) is 9.74. The lowest BCUT2D eigenvalue weighted by molar-refractivity contribution is -0.364. The van der Waals surface area contributed by atoms with Gasteiger partial charge >= 0.3 is 5.97 Å². The number of aliphatic hydroxyl groups is 5. The maximum absolute atomic E-state index is 13.7. The van der Waals surface area contributed by atoms with Crippen molar-refractivity contribution in [2.45, 2.75) is 86.6 Å². The molecule has 294 valence electrons. The first-order valence-electron chi connectivity index (χ1n) is 17.3. The highest BCUT2D eigenvalue weighted by molar-refractivity contribution is 5.79. The van der Waals surface area contributed by atoms with E-state index < -0.39 is 103 Å². The Morgan fingerprint density at radius 3 is 2.13 bits per heavy atom. The van der Waals surface area contributed by atoms with E-state index in [2.05, 4.69) is 0 Å². The molecule has 2 unspecified atom stereocenters. The number of carbonyl (C=O) groups excluding carboxylic acids is 2. The van der Waals surface area contributed by atoms with Crippen molar-refractivity contribution in [2.75, 3.05) is 34.2 Å². The van der Waals surface area contributed by atoms with E-state index in [1.54, 1.807) is 31.2 Å². The summed E-state index contributed by atoms with van der Waals surface area (Å²) in [4.78, 5) is 25.3. The lowest BCUT2D eigenvalue weighted by Gasteiger charge is -2.47. The van der Waals surface area contributed by atoms with Crippen LogP contribution in [0.3, 0.4) is 0 Å². The predicted octanol–water partition coefficient (Wildman–Crippen LogP) is -2.43. The van der Waals surface area contributed by atoms with E-state index in [0.29, 0.717) is 28.2 Å². The Bertz CT molecular complexity index is 1740. The van der Waals surface area contributed by atoms with Gasteiger partial charge < -0.3 is 87.5 Å². The maximum atomic E-state index is 13.7. The van der Waals surface area contributed by atoms with Gasteiger partial charge in [-0.2, -0.15) is 0 Å². The normalized spacial score (nSPS) is 39.5. The number of hydrogen-bond donors (Lipinski definition) is 5. The number of aliphatic hydroxyl groups excluding tert-OH is 5. The second kappa shape index (κ2) is 14.2. The van der Waals surface area contributed by atoms with Crippen molar-refractivity contribution in [3.8, 4) is 28.7 Å². The summed E-state index contributed by atoms with van der Waals surface area (Å²) in [7, 11) is 2.63. The summed E-state index contributed by atoms with van der Waals surface area (Å²) in [6.45, 7) is 1.62. The number of esters is 1. The highest BCUT2D eigenvalue weighted by Crippen LogP contribution is 2.57. The molecule has 5 N–H and O–H groups in total. The Balaban J connectivity index is 1.17. The highest BCUT2D eigenvalue weighted by Gasteiger charge is 2.56. The first-order chi connectivity index (χ1) is 25.9. The molecule has 19 nitrogen and oxygen atoms in total. The summed E-state index contributed by atoms with van der Waals surface area (Å²) in [6.07, 6.45) is -17.1. The Morgan fingerprint density at radius 1 is 0.796 bits per heavy atom. The second-order valence-electron chi connectivity index (χ2n) is 13.8. The molecule has 2 aromatic carbocycles. The molecule has 15 atom stereocenters. The van der Waals surface area contributed by atoms with Gasteiger partial charge in [0.05, 0.1) is 45.4 Å². The molecule has 4 fully saturated rings. The number of cyclic esters (lactones) is 1. The third-order valence-electron chi connectivity index (χ3n) is 10.8. The average Bonchev–Trinajstić information content (AvgIpc) is 3.79. The lowest BCUT2D eigenvalue weighted by Crippen LogP contribution is -2.63. The van der Waals surface area contributed by atoms with E-state index in [9.17, 15) is 40.2 Å². The number of hydrogen-bond acceptors (Lipinski definition) is 19. The molecule has 2 aromatic rings. The number of carboxylic acids is 1. The molecule has 5 aliphatic heterocycles. The monoisotopic (exact) mass is 763 g/mol. The number of methoxy groups -OCH3 is 2. The van der Waals surface area contributed by atoms with Gasteiger partial charge in [0.25, 0.3) is 0 Å². The molecule has 0 bridgehead atoms. The van der Waals surface area contributed by atoms with Crippen molar-refractivity contribution in [3.63, 3.8) is 0 Å². The third kappa shape index (κ3) is 6.08. The second-order valence-corrected chi connectivity index (χ2v) is 13.8. The van der Waals surface area contributed by atoms with Crippen LogP contribution in [0.25, 0.3) is 0 Å². The predicted molar refractivity (Wildman–Crippen MR) is 169 cm³/mol. The molecule has 1 aliphatic carbocycles. The van der Waals surface area contributed by atoms with Gasteiger partial charge in [-0.1, -0.05) is 0 Å². The fourth-order valence-electron chi connectivity index (χ4n) is 8.09. The fourth-order valence-corrected chi connectivity index (χ4v) is 8.09. The molecule has 0 spiro atoms. The van der Waals surface area contributed by atoms with Gasteiger partial charge in [0.1, 0.15) is 48.8 Å². The molecule has 0 aromatic heterocycles. The van der Waals surface area contributed by atoms with Crippen LogP contribution in [-0.4, -0.2) is 139 Å². The summed E-state index contributed by atoms with van der Waals surface area (Å²) in [5, 5.41) is 64.9. The molecule has 5 heterocycles. The van der Waals surface area contributed by atoms with Crippen LogP contribution in [0.2, 0.25) is 0 Å². The molecule has 8 rings (SSSR count). The Hall–Kier alpha value is -4.02. The van der Waals surface area contributed by atoms with Gasteiger partial charge in [0.15, 0.2) is 35.6 Å². The van der Waals surface area contributed by atoms with Gasteiger partial charge in [0, 0.05) is 11.8 Å². The summed E-state index contributed by atoms with van der Waals surface area (Å²) in [5.41, 5.74) is 1.58. The number of fused-ring (bicyclic) bond motifs is 4. The maximum Gasteiger partial charge on any atom is 0.310 e. The smallest absolute Gasteiger partial charge is 0.310 e. The van der Waals surface area contributed by atoms with Gasteiger partial charge in [-0.15, -0.1) is 0 Å². The van der Waals surface area contributed by atoms with Crippen molar-refractivity contribution < 1.29 is 92.3 Å². The zero-order chi connectivity index (χ0) is 38.2. The number of carboxylic acid groups (broad SMARTS) is 1. The zero-order valence-electron chi connectivity index (χ0n) is 29.0. The molecule has 0 saturated carbocycles. The average molecular weight is 764 g/mol. The van der Waals surface area contributed by atoms with Crippen molar-refractivity contribution in [1.82, 2.24) is 0 Å². The van der Waals surface area contributed by atoms with Crippen LogP contribution in [0.1, 0.15) is 35.6 Å². The van der Waals surface area contributed by atoms with E-state index in [-0.39, 0.29) is 37.3 Å². The van der Waals surface area contributed by atoms with E-state index in [4.69, 9.17) is 52.1 Å². The van der Waals surface area contributed by atoms with E-state index in [1.807, 2.05) is 0 Å². The van der Waals surface area contributed by atoms with Crippen LogP contribution in [0, 0.1) is 11.8 Å². The summed E-state index contributed by atoms with van der Waals surface area (Å²) < 4.78 is 63.3. The van der Waals surface area contributed by atoms with Crippen LogP contribution < -0.4 is 28.8 Å². The minimum Gasteiger partial charge on any atom is -0.547 e. The summed E-state index contributed by atoms with van der Waals surface area (Å²) >= 11 is 0. The van der Waals surface area contributed by atoms with Crippen LogP contribution in [0.15, 0.2) is 24.3 Å². The standard InChI is InChI=1S/C35H40O19/c1-11-46-9-20-30(50-11)25(38)27(40)34(51-20)52-28-14-7-17-16(48-10-49-17)6-13(14)21(22-15(28)8-47-33(22)43)12-4-18(44-2)29(19(5-12)45-3)53-35-26(39)23(36)24(37)31(54-35)32(41)42/h4-7,11,15,20-28,30-31,34-40H,8-10H2,1-3H3,(H,41,42)/p-1/t11-,15+,20-,21-,22?,23+,24+,25-,26-,27-,28-,30?,31+,34+,35-/m1/s1. The SMILES string of the molecule is COc1cc([C@@H]2c3cc4c(cc3[C@@H](O[C@@H]3O[C@@H]5CO[C@@H](C)OC5[C@H](O)[C@H]3O)[C@H]3COC(=O)C23)OCO4)cc(OC)c1O[C@@H]1O[C@H](C(=O)[O-])[C@@H](O)[C@H](O)[C@H]1O. The van der Waals surface area contributed by atoms with Crippen LogP contribution >= 0.6 is 0 Å². The molecular weight excluding hydrogens is 724 g/mol. The van der Waals surface area contributed by atoms with Crippen molar-refractivity contribution in [1.29, 1.82) is 0 Å². The van der Waals surface area contributed by atoms with E-state index >= 15 is 0 Å². The number of aliphatic carboxylic acids is 1. The molecule has 0 radical (unpaired) electrons. The topological polar surface area (TPSA) is 260 Å². The number of ether oxygens (including phenoxy) is 11. The van der Waals surface area contributed by atoms with Crippen molar-refractivity contribution in [2.24, 2.45) is 11.8 Å². The van der Waals surface area contributed by atoms with Crippen LogP contribution in [-0.2, 0) is 38.0 Å². The minimum absolute atomic E-state index is 0.00264. The van der Waals surface area contributed by atoms with E-state index in [1.165, 1.54) is 14.2 Å². The fraction of sp³-hybridized carbons (Fsp3) is 0.600. The number of benzene rings is 2. The molecule has 54 heavy (non-hydrogen) atoms. The summed E-state index contributed by atoms with van der Waals surface area (Å²) in [5.74, 6) is -4.07. The molecule has 19 heteroatoms. The largest absolute Gasteiger partial charge is 0.547 e. The van der Waals surface area contributed by atoms with E-state index in [0.717, 1.165) is 0 Å². The highest BCUT2D eigenvalue weighted by atomic mass is 16.8. The quantitative estimate of drug-likeness (QED) is 0.175. The van der Waals surface area contributed by atoms with Crippen LogP contribution in [0.4, 0.5) is 0 Å². The van der Waals surface area contributed by atoms with Crippen LogP contribution in [0.5, 0.6) is 28.7 Å². The first-order valence-corrected chi connectivity index (χ1v) is 17.3.